The summed E-state index contributed by atoms with van der Waals surface area (Å²) in [5, 5.41) is 4.37. The molecule has 2 aromatic rings. The van der Waals surface area contributed by atoms with Crippen LogP contribution < -0.4 is 21.8 Å². The summed E-state index contributed by atoms with van der Waals surface area (Å²) in [4.78, 5) is 27.3. The molecule has 3 rings (SSSR count). The minimum absolute atomic E-state index is 0.000790. The third-order valence-corrected chi connectivity index (χ3v) is 5.93. The normalized spacial score (nSPS) is 16.5. The molecule has 0 fully saturated rings. The van der Waals surface area contributed by atoms with Crippen LogP contribution in [0.1, 0.15) is 50.8 Å². The number of amides is 2. The van der Waals surface area contributed by atoms with Crippen molar-refractivity contribution in [3.8, 4) is 0 Å². The summed E-state index contributed by atoms with van der Waals surface area (Å²) in [6, 6.07) is 15.3. The standard InChI is InChI=1S/C25H33N5O2/c1-5-23(32)29-14-18-10-6-7-11-19(18)24(26)25(20-12-8-9-13-21(20)29)30(27)15-22(31)28-17(4)16(2)3/h6-13,16-17H,5,14-15,26-27H2,1-4H3,(H,28,31)/b25-24-. The van der Waals surface area contributed by atoms with E-state index in [4.69, 9.17) is 11.6 Å². The fraction of sp³-hybridized carbons (Fsp3) is 0.360. The van der Waals surface area contributed by atoms with Crippen molar-refractivity contribution in [2.45, 2.75) is 46.7 Å². The molecule has 2 amide bonds. The van der Waals surface area contributed by atoms with Gasteiger partial charge in [-0.15, -0.1) is 0 Å². The number of hydrogen-bond donors (Lipinski definition) is 3. The van der Waals surface area contributed by atoms with E-state index >= 15 is 0 Å². The lowest BCUT2D eigenvalue weighted by Crippen LogP contribution is -2.45. The van der Waals surface area contributed by atoms with Crippen LogP contribution >= 0.6 is 0 Å². The van der Waals surface area contributed by atoms with Gasteiger partial charge in [0.25, 0.3) is 0 Å². The molecule has 0 saturated carbocycles. The van der Waals surface area contributed by atoms with Crippen molar-refractivity contribution in [1.82, 2.24) is 10.3 Å². The van der Waals surface area contributed by atoms with Crippen LogP contribution in [-0.2, 0) is 16.1 Å². The number of hydrogen-bond acceptors (Lipinski definition) is 5. The number of anilines is 1. The Hall–Kier alpha value is -3.32. The van der Waals surface area contributed by atoms with E-state index in [2.05, 4.69) is 5.32 Å². The third-order valence-electron chi connectivity index (χ3n) is 5.93. The summed E-state index contributed by atoms with van der Waals surface area (Å²) in [7, 11) is 0. The zero-order valence-electron chi connectivity index (χ0n) is 19.3. The van der Waals surface area contributed by atoms with Crippen molar-refractivity contribution in [3.05, 3.63) is 65.2 Å². The number of nitrogens with two attached hydrogens (primary N) is 2. The van der Waals surface area contributed by atoms with Gasteiger partial charge in [0.15, 0.2) is 0 Å². The van der Waals surface area contributed by atoms with E-state index in [1.54, 1.807) is 4.90 Å². The summed E-state index contributed by atoms with van der Waals surface area (Å²) in [6.07, 6.45) is 0.368. The maximum atomic E-state index is 12.9. The molecule has 0 bridgehead atoms. The molecule has 5 N–H and O–H groups in total. The summed E-state index contributed by atoms with van der Waals surface area (Å²) in [5.41, 5.74) is 10.8. The van der Waals surface area contributed by atoms with Crippen LogP contribution in [0.5, 0.6) is 0 Å². The summed E-state index contributed by atoms with van der Waals surface area (Å²) < 4.78 is 0. The van der Waals surface area contributed by atoms with Crippen LogP contribution in [-0.4, -0.2) is 29.4 Å². The van der Waals surface area contributed by atoms with Crippen molar-refractivity contribution in [2.24, 2.45) is 17.5 Å². The molecule has 1 atom stereocenters. The Morgan fingerprint density at radius 1 is 1.06 bits per heavy atom. The van der Waals surface area contributed by atoms with E-state index in [0.717, 1.165) is 16.8 Å². The zero-order chi connectivity index (χ0) is 23.4. The second kappa shape index (κ2) is 9.87. The number of para-hydroxylation sites is 1. The van der Waals surface area contributed by atoms with Crippen molar-refractivity contribution < 1.29 is 9.59 Å². The first-order valence-electron chi connectivity index (χ1n) is 11.0. The topological polar surface area (TPSA) is 105 Å². The number of carbonyl (C=O) groups excluding carboxylic acids is 2. The SMILES string of the molecule is CCC(=O)N1Cc2ccccc2/C(N)=C(/N(N)CC(=O)NC(C)C(C)C)c2ccccc21. The van der Waals surface area contributed by atoms with Gasteiger partial charge in [-0.05, 0) is 24.5 Å². The first kappa shape index (κ1) is 23.3. The van der Waals surface area contributed by atoms with Gasteiger partial charge in [-0.25, -0.2) is 5.84 Å². The van der Waals surface area contributed by atoms with Crippen molar-refractivity contribution in [1.29, 1.82) is 0 Å². The Morgan fingerprint density at radius 3 is 2.34 bits per heavy atom. The number of nitrogens with zero attached hydrogens (tertiary/aromatic N) is 2. The second-order valence-corrected chi connectivity index (χ2v) is 8.50. The predicted molar refractivity (Wildman–Crippen MR) is 129 cm³/mol. The maximum Gasteiger partial charge on any atom is 0.241 e. The molecule has 170 valence electrons. The van der Waals surface area contributed by atoms with E-state index in [-0.39, 0.29) is 24.4 Å². The second-order valence-electron chi connectivity index (χ2n) is 8.50. The molecule has 1 aliphatic heterocycles. The zero-order valence-corrected chi connectivity index (χ0v) is 19.3. The first-order valence-corrected chi connectivity index (χ1v) is 11.0. The van der Waals surface area contributed by atoms with Gasteiger partial charge >= 0.3 is 0 Å². The van der Waals surface area contributed by atoms with E-state index < -0.39 is 0 Å². The molecule has 1 unspecified atom stereocenters. The molecule has 0 saturated heterocycles. The van der Waals surface area contributed by atoms with Gasteiger partial charge in [0.2, 0.25) is 11.8 Å². The number of carbonyl (C=O) groups is 2. The molecule has 1 aliphatic rings. The van der Waals surface area contributed by atoms with Crippen LogP contribution in [0, 0.1) is 5.92 Å². The van der Waals surface area contributed by atoms with Crippen LogP contribution in [0.4, 0.5) is 5.69 Å². The van der Waals surface area contributed by atoms with Crippen LogP contribution in [0.2, 0.25) is 0 Å². The molecular formula is C25H33N5O2. The van der Waals surface area contributed by atoms with E-state index in [1.807, 2.05) is 76.2 Å². The van der Waals surface area contributed by atoms with E-state index in [9.17, 15) is 9.59 Å². The van der Waals surface area contributed by atoms with Crippen LogP contribution in [0.25, 0.3) is 11.4 Å². The summed E-state index contributed by atoms with van der Waals surface area (Å²) in [6.45, 7) is 8.25. The quantitative estimate of drug-likeness (QED) is 0.478. The molecule has 7 heteroatoms. The maximum absolute atomic E-state index is 12.9. The molecule has 2 aromatic carbocycles. The van der Waals surface area contributed by atoms with Crippen LogP contribution in [0.3, 0.4) is 0 Å². The highest BCUT2D eigenvalue weighted by Crippen LogP contribution is 2.36. The highest BCUT2D eigenvalue weighted by atomic mass is 16.2. The highest BCUT2D eigenvalue weighted by Gasteiger charge is 2.28. The lowest BCUT2D eigenvalue weighted by Gasteiger charge is -2.33. The highest BCUT2D eigenvalue weighted by molar-refractivity contribution is 6.01. The van der Waals surface area contributed by atoms with E-state index in [0.29, 0.717) is 35.8 Å². The molecule has 0 radical (unpaired) electrons. The number of rotatable bonds is 6. The minimum atomic E-state index is -0.191. The summed E-state index contributed by atoms with van der Waals surface area (Å²) >= 11 is 0. The average molecular weight is 436 g/mol. The Kier molecular flexibility index (Phi) is 7.20. The molecule has 7 nitrogen and oxygen atoms in total. The van der Waals surface area contributed by atoms with Gasteiger partial charge in [-0.1, -0.05) is 63.2 Å². The van der Waals surface area contributed by atoms with Gasteiger partial charge in [0, 0.05) is 23.6 Å². The molecule has 1 heterocycles. The Morgan fingerprint density at radius 2 is 1.69 bits per heavy atom. The summed E-state index contributed by atoms with van der Waals surface area (Å²) in [5.74, 6) is 6.58. The first-order chi connectivity index (χ1) is 15.2. The number of fused-ring (bicyclic) bond motifs is 2. The van der Waals surface area contributed by atoms with E-state index in [1.165, 1.54) is 5.01 Å². The van der Waals surface area contributed by atoms with Gasteiger partial charge in [-0.3, -0.25) is 14.6 Å². The Labute approximate surface area is 190 Å². The van der Waals surface area contributed by atoms with Gasteiger partial charge in [0.1, 0.15) is 6.54 Å². The van der Waals surface area contributed by atoms with Gasteiger partial charge in [-0.2, -0.15) is 0 Å². The van der Waals surface area contributed by atoms with Crippen LogP contribution in [0.15, 0.2) is 48.5 Å². The molecular weight excluding hydrogens is 402 g/mol. The Balaban J connectivity index is 2.12. The van der Waals surface area contributed by atoms with Crippen molar-refractivity contribution in [2.75, 3.05) is 11.4 Å². The molecule has 0 aromatic heterocycles. The number of benzene rings is 2. The average Bonchev–Trinajstić information content (AvgIpc) is 2.76. The van der Waals surface area contributed by atoms with Crippen molar-refractivity contribution in [3.63, 3.8) is 0 Å². The number of nitrogens with one attached hydrogen (secondary N) is 1. The smallest absolute Gasteiger partial charge is 0.241 e. The fourth-order valence-electron chi connectivity index (χ4n) is 3.78. The van der Waals surface area contributed by atoms with Gasteiger partial charge in [0.05, 0.1) is 23.6 Å². The largest absolute Gasteiger partial charge is 0.396 e. The van der Waals surface area contributed by atoms with Gasteiger partial charge < -0.3 is 16.0 Å². The molecule has 32 heavy (non-hydrogen) atoms. The Bertz CT molecular complexity index is 1030. The predicted octanol–water partition coefficient (Wildman–Crippen LogP) is 3.06. The minimum Gasteiger partial charge on any atom is -0.396 e. The molecule has 0 spiro atoms. The lowest BCUT2D eigenvalue weighted by molar-refractivity contribution is -0.122. The van der Waals surface area contributed by atoms with Crippen molar-refractivity contribution >= 4 is 28.9 Å². The number of hydrazine groups is 1. The monoisotopic (exact) mass is 435 g/mol. The third kappa shape index (κ3) is 4.78. The molecule has 0 aliphatic carbocycles. The lowest BCUT2D eigenvalue weighted by atomic mass is 9.95. The fourth-order valence-corrected chi connectivity index (χ4v) is 3.78.